The summed E-state index contributed by atoms with van der Waals surface area (Å²) in [6.07, 6.45) is 11.3. The van der Waals surface area contributed by atoms with Crippen LogP contribution in [0.2, 0.25) is 0 Å². The lowest BCUT2D eigenvalue weighted by molar-refractivity contribution is -0.132. The van der Waals surface area contributed by atoms with Crippen LogP contribution in [-0.2, 0) is 9.36 Å². The maximum atomic E-state index is 11.7. The maximum Gasteiger partial charge on any atom is 0.332 e. The number of hydrogen-bond donors (Lipinski definition) is 3. The van der Waals surface area contributed by atoms with Gasteiger partial charge in [0.05, 0.1) is 5.66 Å². The average molecular weight is 331 g/mol. The molecule has 0 saturated heterocycles. The van der Waals surface area contributed by atoms with Gasteiger partial charge in [-0.05, 0) is 38.1 Å². The van der Waals surface area contributed by atoms with Gasteiger partial charge < -0.3 is 15.7 Å². The highest BCUT2D eigenvalue weighted by Gasteiger charge is 2.26. The third-order valence-corrected chi connectivity index (χ3v) is 5.63. The molecule has 0 amide bonds. The summed E-state index contributed by atoms with van der Waals surface area (Å²) in [5.41, 5.74) is 4.90. The Labute approximate surface area is 133 Å². The van der Waals surface area contributed by atoms with Crippen LogP contribution in [0.5, 0.6) is 0 Å². The maximum absolute atomic E-state index is 11.7. The summed E-state index contributed by atoms with van der Waals surface area (Å²) in [5.74, 6) is -0.786. The van der Waals surface area contributed by atoms with Crippen molar-refractivity contribution in [2.45, 2.75) is 69.9 Å². The third-order valence-electron chi connectivity index (χ3n) is 4.43. The number of unbranched alkanes of at least 4 members (excludes halogenated alkanes) is 3. The van der Waals surface area contributed by atoms with Crippen molar-refractivity contribution in [3.05, 3.63) is 11.6 Å². The first-order chi connectivity index (χ1) is 10.6. The van der Waals surface area contributed by atoms with Crippen molar-refractivity contribution in [3.63, 3.8) is 0 Å². The van der Waals surface area contributed by atoms with E-state index in [4.69, 9.17) is 5.73 Å². The van der Waals surface area contributed by atoms with E-state index in [-0.39, 0.29) is 11.5 Å². The van der Waals surface area contributed by atoms with Crippen LogP contribution in [0.15, 0.2) is 11.6 Å². The van der Waals surface area contributed by atoms with Crippen LogP contribution in [0.3, 0.4) is 0 Å². The number of carboxylic acids is 1. The number of hydrogen-bond acceptors (Lipinski definition) is 3. The first-order valence-electron chi connectivity index (χ1n) is 8.44. The summed E-state index contributed by atoms with van der Waals surface area (Å²) in [6.45, 7) is 0.655. The van der Waals surface area contributed by atoms with Gasteiger partial charge in [-0.15, -0.1) is 0 Å². The Hall–Kier alpha value is -0.640. The molecule has 22 heavy (non-hydrogen) atoms. The van der Waals surface area contributed by atoms with Crippen molar-refractivity contribution in [3.8, 4) is 0 Å². The number of allylic oxidation sites excluding steroid dienone is 1. The van der Waals surface area contributed by atoms with E-state index in [0.717, 1.165) is 51.4 Å². The monoisotopic (exact) mass is 331 g/mol. The predicted octanol–water partition coefficient (Wildman–Crippen LogP) is 3.32. The molecule has 1 saturated carbocycles. The van der Waals surface area contributed by atoms with E-state index in [2.05, 4.69) is 0 Å². The van der Waals surface area contributed by atoms with Crippen molar-refractivity contribution in [2.24, 2.45) is 11.7 Å². The Balaban J connectivity index is 2.67. The smallest absolute Gasteiger partial charge is 0.332 e. The van der Waals surface area contributed by atoms with E-state index < -0.39 is 19.7 Å². The number of carboxylic acid groups (broad SMARTS) is 1. The zero-order valence-corrected chi connectivity index (χ0v) is 14.3. The van der Waals surface area contributed by atoms with E-state index >= 15 is 0 Å². The van der Waals surface area contributed by atoms with E-state index in [1.165, 1.54) is 6.42 Å². The number of rotatable bonds is 10. The highest BCUT2D eigenvalue weighted by molar-refractivity contribution is 7.39. The molecule has 128 valence electrons. The molecule has 1 aliphatic rings. The zero-order chi connectivity index (χ0) is 16.4. The van der Waals surface area contributed by atoms with Crippen LogP contribution in [0.4, 0.5) is 0 Å². The lowest BCUT2D eigenvalue weighted by Gasteiger charge is -2.21. The Morgan fingerprint density at radius 2 is 1.82 bits per heavy atom. The third kappa shape index (κ3) is 7.08. The fraction of sp³-hybridized carbons (Fsp3) is 0.812. The Morgan fingerprint density at radius 1 is 1.18 bits per heavy atom. The van der Waals surface area contributed by atoms with E-state index in [0.29, 0.717) is 13.0 Å². The summed E-state index contributed by atoms with van der Waals surface area (Å²) >= 11 is 0. The molecular formula is C16H30NO4P. The number of carbonyl (C=O) groups is 1. The lowest BCUT2D eigenvalue weighted by atomic mass is 9.87. The molecule has 1 rings (SSSR count). The van der Waals surface area contributed by atoms with Crippen LogP contribution in [0.25, 0.3) is 0 Å². The molecule has 2 atom stereocenters. The van der Waals surface area contributed by atoms with Gasteiger partial charge in [0.15, 0.2) is 8.03 Å². The van der Waals surface area contributed by atoms with Gasteiger partial charge in [0, 0.05) is 5.57 Å². The van der Waals surface area contributed by atoms with Crippen molar-refractivity contribution >= 4 is 14.0 Å². The first kappa shape index (κ1) is 19.4. The largest absolute Gasteiger partial charge is 0.478 e. The van der Waals surface area contributed by atoms with Crippen molar-refractivity contribution < 1.29 is 19.4 Å². The molecule has 5 nitrogen and oxygen atoms in total. The molecule has 0 aromatic rings. The summed E-state index contributed by atoms with van der Waals surface area (Å²) in [5, 5.41) is 9.45. The summed E-state index contributed by atoms with van der Waals surface area (Å²) in [7, 11) is -2.88. The van der Waals surface area contributed by atoms with Crippen LogP contribution >= 0.6 is 8.03 Å². The topological polar surface area (TPSA) is 101 Å². The molecule has 2 unspecified atom stereocenters. The molecule has 0 aromatic heterocycles. The predicted molar refractivity (Wildman–Crippen MR) is 89.4 cm³/mol. The Kier molecular flexibility index (Phi) is 9.69. The summed E-state index contributed by atoms with van der Waals surface area (Å²) < 4.78 is 11.7. The molecule has 4 N–H and O–H groups in total. The Bertz CT molecular complexity index is 392. The molecule has 1 fully saturated rings. The first-order valence-corrected chi connectivity index (χ1v) is 9.87. The van der Waals surface area contributed by atoms with E-state index in [9.17, 15) is 19.4 Å². The van der Waals surface area contributed by atoms with Gasteiger partial charge in [-0.3, -0.25) is 4.57 Å². The molecule has 0 spiro atoms. The van der Waals surface area contributed by atoms with Crippen molar-refractivity contribution in [2.75, 3.05) is 6.54 Å². The molecule has 0 heterocycles. The van der Waals surface area contributed by atoms with Crippen LogP contribution in [0, 0.1) is 5.92 Å². The number of aliphatic carboxylic acids is 1. The van der Waals surface area contributed by atoms with Gasteiger partial charge in [0.1, 0.15) is 0 Å². The molecule has 0 aliphatic heterocycles. The quantitative estimate of drug-likeness (QED) is 0.324. The van der Waals surface area contributed by atoms with Gasteiger partial charge in [-0.25, -0.2) is 4.79 Å². The highest BCUT2D eigenvalue weighted by Crippen LogP contribution is 2.36. The summed E-state index contributed by atoms with van der Waals surface area (Å²) in [6, 6.07) is 0. The SMILES string of the molecule is NCCCCCCC(/C(=C\C1CCCCC1)C(=O)O)[PH](=O)O. The second-order valence-corrected chi connectivity index (χ2v) is 7.58. The molecule has 0 radical (unpaired) electrons. The fourth-order valence-electron chi connectivity index (χ4n) is 3.15. The molecule has 0 aromatic carbocycles. The van der Waals surface area contributed by atoms with Crippen LogP contribution < -0.4 is 5.73 Å². The van der Waals surface area contributed by atoms with Crippen LogP contribution in [0.1, 0.15) is 64.2 Å². The van der Waals surface area contributed by atoms with Crippen LogP contribution in [-0.4, -0.2) is 28.2 Å². The minimum Gasteiger partial charge on any atom is -0.478 e. The van der Waals surface area contributed by atoms with Gasteiger partial charge in [-0.2, -0.15) is 0 Å². The van der Waals surface area contributed by atoms with Crippen molar-refractivity contribution in [1.82, 2.24) is 0 Å². The highest BCUT2D eigenvalue weighted by atomic mass is 31.1. The minimum atomic E-state index is -2.88. The molecule has 0 bridgehead atoms. The standard InChI is InChI=1S/C16H30NO4P/c17-11-7-2-1-6-10-15(22(20)21)14(16(18)19)12-13-8-4-3-5-9-13/h12-13,15,22H,1-11,17H2,(H,18,19)(H,20,21)/b14-12+. The van der Waals surface area contributed by atoms with E-state index in [1.807, 2.05) is 0 Å². The zero-order valence-electron chi connectivity index (χ0n) is 13.3. The Morgan fingerprint density at radius 3 is 2.36 bits per heavy atom. The molecule has 1 aliphatic carbocycles. The second kappa shape index (κ2) is 11.0. The normalized spacial score (nSPS) is 19.8. The van der Waals surface area contributed by atoms with Gasteiger partial charge in [0.25, 0.3) is 0 Å². The van der Waals surface area contributed by atoms with E-state index in [1.54, 1.807) is 6.08 Å². The minimum absolute atomic E-state index is 0.164. The van der Waals surface area contributed by atoms with Crippen molar-refractivity contribution in [1.29, 1.82) is 0 Å². The van der Waals surface area contributed by atoms with Gasteiger partial charge >= 0.3 is 5.97 Å². The number of nitrogens with two attached hydrogens (primary N) is 1. The lowest BCUT2D eigenvalue weighted by Crippen LogP contribution is -2.17. The summed E-state index contributed by atoms with van der Waals surface area (Å²) in [4.78, 5) is 21.1. The fourth-order valence-corrected chi connectivity index (χ4v) is 4.09. The van der Waals surface area contributed by atoms with Gasteiger partial charge in [-0.1, -0.05) is 44.6 Å². The average Bonchev–Trinajstić information content (AvgIpc) is 2.49. The molecule has 6 heteroatoms. The second-order valence-electron chi connectivity index (χ2n) is 6.21. The molecular weight excluding hydrogens is 301 g/mol. The van der Waals surface area contributed by atoms with Gasteiger partial charge in [0.2, 0.25) is 0 Å².